The van der Waals surface area contributed by atoms with Gasteiger partial charge in [-0.15, -0.1) is 0 Å². The Balaban J connectivity index is 1.67. The van der Waals surface area contributed by atoms with Crippen molar-refractivity contribution in [2.24, 2.45) is 0 Å². The molecule has 0 unspecified atom stereocenters. The molecule has 3 rings (SSSR count). The maximum absolute atomic E-state index is 12.6. The molecule has 1 aliphatic rings. The number of nitrogens with zero attached hydrogens (tertiary/aromatic N) is 5. The predicted octanol–water partition coefficient (Wildman–Crippen LogP) is 1.46. The molecule has 8 nitrogen and oxygen atoms in total. The quantitative estimate of drug-likeness (QED) is 0.867. The fraction of sp³-hybridized carbons (Fsp3) is 0.600. The fourth-order valence-corrected chi connectivity index (χ4v) is 3.21. The Morgan fingerprint density at radius 2 is 2.43 bits per heavy atom. The molecule has 0 aliphatic carbocycles. The summed E-state index contributed by atoms with van der Waals surface area (Å²) in [5.74, 6) is 1.11. The van der Waals surface area contributed by atoms with Crippen LogP contribution in [0.3, 0.4) is 0 Å². The molecule has 1 aliphatic heterocycles. The van der Waals surface area contributed by atoms with Crippen LogP contribution in [0.5, 0.6) is 0 Å². The van der Waals surface area contributed by atoms with Gasteiger partial charge in [0.05, 0.1) is 12.6 Å². The minimum atomic E-state index is -0.178. The Labute approximate surface area is 134 Å². The second-order valence-electron chi connectivity index (χ2n) is 5.89. The summed E-state index contributed by atoms with van der Waals surface area (Å²) in [6.07, 6.45) is 6.15. The Morgan fingerprint density at radius 3 is 3.09 bits per heavy atom. The van der Waals surface area contributed by atoms with Gasteiger partial charge in [-0.2, -0.15) is 5.10 Å². The van der Waals surface area contributed by atoms with E-state index >= 15 is 0 Å². The summed E-state index contributed by atoms with van der Waals surface area (Å²) >= 11 is 0. The van der Waals surface area contributed by atoms with E-state index in [0.29, 0.717) is 17.6 Å². The van der Waals surface area contributed by atoms with Crippen LogP contribution >= 0.6 is 0 Å². The first-order valence-electron chi connectivity index (χ1n) is 7.99. The Hall–Kier alpha value is -2.22. The van der Waals surface area contributed by atoms with E-state index < -0.39 is 0 Å². The van der Waals surface area contributed by atoms with Crippen molar-refractivity contribution in [3.05, 3.63) is 24.5 Å². The lowest BCUT2D eigenvalue weighted by Crippen LogP contribution is -2.47. The minimum Gasteiger partial charge on any atom is -0.360 e. The van der Waals surface area contributed by atoms with Crippen LogP contribution in [0.4, 0.5) is 5.82 Å². The molecular formula is C15H22N6O2. The molecule has 124 valence electrons. The van der Waals surface area contributed by atoms with Crippen molar-refractivity contribution >= 4 is 11.7 Å². The number of hydrogen-bond donors (Lipinski definition) is 1. The average molecular weight is 318 g/mol. The average Bonchev–Trinajstić information content (AvgIpc) is 3.25. The van der Waals surface area contributed by atoms with Crippen molar-refractivity contribution in [1.82, 2.24) is 24.8 Å². The number of anilines is 1. The lowest BCUT2D eigenvalue weighted by molar-refractivity contribution is -0.122. The fourth-order valence-electron chi connectivity index (χ4n) is 3.21. The topological polar surface area (TPSA) is 89.1 Å². The standard InChI is InChI=1S/C15H22N6O2/c1-3-13(15(22)18-14-7-11(2)23-19-14)21-6-4-5-12(21)8-20-10-16-9-17-20/h7,9-10,12-13H,3-6,8H2,1-2H3,(H,18,19,22)/t12-,13-/m1/s1. The molecule has 1 saturated heterocycles. The zero-order valence-electron chi connectivity index (χ0n) is 13.5. The summed E-state index contributed by atoms with van der Waals surface area (Å²) in [7, 11) is 0. The maximum Gasteiger partial charge on any atom is 0.242 e. The first-order chi connectivity index (χ1) is 11.2. The van der Waals surface area contributed by atoms with Gasteiger partial charge in [-0.05, 0) is 32.7 Å². The minimum absolute atomic E-state index is 0.0358. The van der Waals surface area contributed by atoms with Crippen LogP contribution in [0.25, 0.3) is 0 Å². The molecule has 8 heteroatoms. The Kier molecular flexibility index (Phi) is 4.71. The zero-order chi connectivity index (χ0) is 16.2. The highest BCUT2D eigenvalue weighted by Crippen LogP contribution is 2.23. The number of aromatic nitrogens is 4. The van der Waals surface area contributed by atoms with E-state index in [9.17, 15) is 4.79 Å². The van der Waals surface area contributed by atoms with Gasteiger partial charge in [0.1, 0.15) is 18.4 Å². The number of rotatable bonds is 6. The molecule has 1 fully saturated rings. The molecule has 1 amide bonds. The van der Waals surface area contributed by atoms with Gasteiger partial charge in [0, 0.05) is 12.1 Å². The van der Waals surface area contributed by atoms with Crippen molar-refractivity contribution < 1.29 is 9.32 Å². The number of likely N-dealkylation sites (tertiary alicyclic amines) is 1. The molecule has 3 heterocycles. The molecule has 0 aromatic carbocycles. The van der Waals surface area contributed by atoms with Gasteiger partial charge in [-0.1, -0.05) is 12.1 Å². The summed E-state index contributed by atoms with van der Waals surface area (Å²) in [5, 5.41) is 10.9. The van der Waals surface area contributed by atoms with Gasteiger partial charge in [0.25, 0.3) is 0 Å². The molecule has 2 aromatic rings. The first kappa shape index (κ1) is 15.7. The lowest BCUT2D eigenvalue weighted by Gasteiger charge is -2.31. The highest BCUT2D eigenvalue weighted by atomic mass is 16.5. The SMILES string of the molecule is CC[C@H](C(=O)Nc1cc(C)on1)N1CCC[C@@H]1Cn1cncn1. The normalized spacial score (nSPS) is 19.8. The summed E-state index contributed by atoms with van der Waals surface area (Å²) in [5.41, 5.74) is 0. The third-order valence-electron chi connectivity index (χ3n) is 4.26. The van der Waals surface area contributed by atoms with Crippen molar-refractivity contribution in [3.63, 3.8) is 0 Å². The monoisotopic (exact) mass is 318 g/mol. The van der Waals surface area contributed by atoms with E-state index in [1.165, 1.54) is 6.33 Å². The maximum atomic E-state index is 12.6. The van der Waals surface area contributed by atoms with Crippen molar-refractivity contribution in [3.8, 4) is 0 Å². The van der Waals surface area contributed by atoms with E-state index in [1.54, 1.807) is 19.3 Å². The summed E-state index contributed by atoms with van der Waals surface area (Å²) in [6.45, 7) is 5.51. The number of carbonyl (C=O) groups excluding carboxylic acids is 1. The first-order valence-corrected chi connectivity index (χ1v) is 7.99. The van der Waals surface area contributed by atoms with Crippen molar-refractivity contribution in [2.75, 3.05) is 11.9 Å². The third kappa shape index (κ3) is 3.58. The second-order valence-corrected chi connectivity index (χ2v) is 5.89. The van der Waals surface area contributed by atoms with E-state index in [1.807, 2.05) is 11.6 Å². The molecular weight excluding hydrogens is 296 g/mol. The number of hydrogen-bond acceptors (Lipinski definition) is 6. The van der Waals surface area contributed by atoms with Crippen LogP contribution in [0.15, 0.2) is 23.2 Å². The molecule has 0 spiro atoms. The van der Waals surface area contributed by atoms with Crippen LogP contribution in [0, 0.1) is 6.92 Å². The van der Waals surface area contributed by atoms with Crippen LogP contribution in [-0.2, 0) is 11.3 Å². The van der Waals surface area contributed by atoms with Gasteiger partial charge in [0.15, 0.2) is 5.82 Å². The van der Waals surface area contributed by atoms with E-state index in [-0.39, 0.29) is 11.9 Å². The van der Waals surface area contributed by atoms with Crippen LogP contribution in [0.2, 0.25) is 0 Å². The van der Waals surface area contributed by atoms with E-state index in [2.05, 4.69) is 25.5 Å². The number of amides is 1. The summed E-state index contributed by atoms with van der Waals surface area (Å²) < 4.78 is 6.83. The van der Waals surface area contributed by atoms with Gasteiger partial charge in [-0.25, -0.2) is 4.98 Å². The number of nitrogens with one attached hydrogen (secondary N) is 1. The van der Waals surface area contributed by atoms with Crippen molar-refractivity contribution in [1.29, 1.82) is 0 Å². The molecule has 2 atom stereocenters. The van der Waals surface area contributed by atoms with Crippen LogP contribution in [-0.4, -0.2) is 49.4 Å². The van der Waals surface area contributed by atoms with Gasteiger partial charge in [-0.3, -0.25) is 14.4 Å². The van der Waals surface area contributed by atoms with Gasteiger partial charge < -0.3 is 9.84 Å². The summed E-state index contributed by atoms with van der Waals surface area (Å²) in [4.78, 5) is 18.9. The smallest absolute Gasteiger partial charge is 0.242 e. The molecule has 23 heavy (non-hydrogen) atoms. The van der Waals surface area contributed by atoms with Crippen molar-refractivity contribution in [2.45, 2.75) is 51.7 Å². The molecule has 0 radical (unpaired) electrons. The number of carbonyl (C=O) groups is 1. The highest BCUT2D eigenvalue weighted by molar-refractivity contribution is 5.94. The largest absolute Gasteiger partial charge is 0.360 e. The molecule has 0 saturated carbocycles. The summed E-state index contributed by atoms with van der Waals surface area (Å²) in [6, 6.07) is 1.84. The predicted molar refractivity (Wildman–Crippen MR) is 83.7 cm³/mol. The highest BCUT2D eigenvalue weighted by Gasteiger charge is 2.34. The van der Waals surface area contributed by atoms with E-state index in [0.717, 1.165) is 32.4 Å². The molecule has 0 bridgehead atoms. The van der Waals surface area contributed by atoms with Crippen LogP contribution in [0.1, 0.15) is 31.9 Å². The van der Waals surface area contributed by atoms with Crippen LogP contribution < -0.4 is 5.32 Å². The lowest BCUT2D eigenvalue weighted by atomic mass is 10.1. The zero-order valence-corrected chi connectivity index (χ0v) is 13.5. The Morgan fingerprint density at radius 1 is 1.57 bits per heavy atom. The number of aryl methyl sites for hydroxylation is 1. The van der Waals surface area contributed by atoms with Gasteiger partial charge in [0.2, 0.25) is 5.91 Å². The van der Waals surface area contributed by atoms with E-state index in [4.69, 9.17) is 4.52 Å². The molecule has 1 N–H and O–H groups in total. The third-order valence-corrected chi connectivity index (χ3v) is 4.26. The molecule has 2 aromatic heterocycles. The second kappa shape index (κ2) is 6.91. The van der Waals surface area contributed by atoms with Gasteiger partial charge >= 0.3 is 0 Å². The Bertz CT molecular complexity index is 638.